The lowest BCUT2D eigenvalue weighted by Gasteiger charge is -2.10. The molecule has 1 aromatic carbocycles. The Kier molecular flexibility index (Phi) is 5.24. The van der Waals surface area contributed by atoms with Crippen molar-refractivity contribution >= 4 is 21.4 Å². The van der Waals surface area contributed by atoms with Gasteiger partial charge in [0.2, 0.25) is 0 Å². The molecule has 0 aliphatic rings. The summed E-state index contributed by atoms with van der Waals surface area (Å²) < 4.78 is 65.0. The van der Waals surface area contributed by atoms with Crippen LogP contribution in [-0.4, -0.2) is 23.2 Å². The van der Waals surface area contributed by atoms with E-state index in [1.54, 1.807) is 32.0 Å². The Balaban J connectivity index is 2.02. The van der Waals surface area contributed by atoms with E-state index in [1.165, 1.54) is 16.8 Å². The molecule has 0 saturated carbocycles. The van der Waals surface area contributed by atoms with Crippen molar-refractivity contribution in [3.63, 3.8) is 0 Å². The molecule has 0 aliphatic heterocycles. The van der Waals surface area contributed by atoms with Crippen LogP contribution < -0.4 is 0 Å². The second-order valence-corrected chi connectivity index (χ2v) is 8.56. The number of alkyl halides is 3. The molecule has 0 aliphatic carbocycles. The number of nitrogens with zero attached hydrogens (tertiary/aromatic N) is 3. The van der Waals surface area contributed by atoms with E-state index in [-0.39, 0.29) is 21.5 Å². The Morgan fingerprint density at radius 2 is 1.79 bits per heavy atom. The van der Waals surface area contributed by atoms with Gasteiger partial charge in [0.1, 0.15) is 0 Å². The van der Waals surface area contributed by atoms with Gasteiger partial charge in [0, 0.05) is 17.5 Å². The summed E-state index contributed by atoms with van der Waals surface area (Å²) >= 11 is 5.99. The zero-order valence-electron chi connectivity index (χ0n) is 14.8. The van der Waals surface area contributed by atoms with E-state index >= 15 is 0 Å². The van der Waals surface area contributed by atoms with Crippen LogP contribution in [0.5, 0.6) is 0 Å². The molecule has 0 spiro atoms. The van der Waals surface area contributed by atoms with E-state index in [4.69, 9.17) is 11.6 Å². The fourth-order valence-electron chi connectivity index (χ4n) is 2.73. The van der Waals surface area contributed by atoms with Gasteiger partial charge in [-0.2, -0.15) is 18.3 Å². The molecule has 0 radical (unpaired) electrons. The molecule has 0 bridgehead atoms. The predicted molar refractivity (Wildman–Crippen MR) is 98.2 cm³/mol. The zero-order chi connectivity index (χ0) is 20.7. The lowest BCUT2D eigenvalue weighted by molar-refractivity contribution is -0.137. The molecular formula is C18H15ClF3N3O2S. The molecule has 3 rings (SSSR count). The summed E-state index contributed by atoms with van der Waals surface area (Å²) in [5.41, 5.74) is 0.331. The summed E-state index contributed by atoms with van der Waals surface area (Å²) in [7, 11) is -3.62. The first-order valence-electron chi connectivity index (χ1n) is 8.06. The summed E-state index contributed by atoms with van der Waals surface area (Å²) in [5.74, 6) is -0.300. The molecule has 0 fully saturated rings. The number of benzene rings is 1. The molecule has 28 heavy (non-hydrogen) atoms. The Labute approximate surface area is 164 Å². The van der Waals surface area contributed by atoms with Crippen molar-refractivity contribution in [3.05, 3.63) is 70.1 Å². The average molecular weight is 430 g/mol. The SMILES string of the molecule is Cc1nn(-c2ncc(C(F)(F)F)cc2Cl)c(C)c1CS(=O)(=O)c1ccccc1. The number of halogens is 4. The van der Waals surface area contributed by atoms with Crippen LogP contribution in [-0.2, 0) is 21.8 Å². The molecule has 0 N–H and O–H groups in total. The molecular weight excluding hydrogens is 415 g/mol. The van der Waals surface area contributed by atoms with Gasteiger partial charge < -0.3 is 0 Å². The summed E-state index contributed by atoms with van der Waals surface area (Å²) in [6.45, 7) is 3.24. The van der Waals surface area contributed by atoms with E-state index in [2.05, 4.69) is 10.1 Å². The van der Waals surface area contributed by atoms with E-state index in [9.17, 15) is 21.6 Å². The fraction of sp³-hybridized carbons (Fsp3) is 0.222. The third kappa shape index (κ3) is 3.90. The van der Waals surface area contributed by atoms with Gasteiger partial charge in [0.15, 0.2) is 15.7 Å². The van der Waals surface area contributed by atoms with E-state index in [1.807, 2.05) is 0 Å². The van der Waals surface area contributed by atoms with Crippen LogP contribution in [0.1, 0.15) is 22.5 Å². The zero-order valence-corrected chi connectivity index (χ0v) is 16.4. The Bertz CT molecular complexity index is 1130. The second-order valence-electron chi connectivity index (χ2n) is 6.16. The number of aryl methyl sites for hydroxylation is 1. The molecule has 2 heterocycles. The minimum atomic E-state index is -4.57. The van der Waals surface area contributed by atoms with Gasteiger partial charge >= 0.3 is 6.18 Å². The number of hydrogen-bond donors (Lipinski definition) is 0. The smallest absolute Gasteiger partial charge is 0.235 e. The molecule has 0 saturated heterocycles. The van der Waals surface area contributed by atoms with Gasteiger partial charge in [0.05, 0.1) is 26.9 Å². The van der Waals surface area contributed by atoms with Crippen LogP contribution in [0.3, 0.4) is 0 Å². The maximum absolute atomic E-state index is 12.8. The standard InChI is InChI=1S/C18H15ClF3N3O2S/c1-11-15(10-28(26,27)14-6-4-3-5-7-14)12(2)25(24-11)17-16(19)8-13(9-23-17)18(20,21)22/h3-9H,10H2,1-2H3. The molecule has 3 aromatic rings. The Hall–Kier alpha value is -2.39. The lowest BCUT2D eigenvalue weighted by Crippen LogP contribution is -2.09. The Morgan fingerprint density at radius 1 is 1.14 bits per heavy atom. The van der Waals surface area contributed by atoms with E-state index < -0.39 is 21.6 Å². The van der Waals surface area contributed by atoms with E-state index in [0.717, 1.165) is 6.07 Å². The van der Waals surface area contributed by atoms with Crippen LogP contribution in [0, 0.1) is 13.8 Å². The molecule has 5 nitrogen and oxygen atoms in total. The van der Waals surface area contributed by atoms with Crippen molar-refractivity contribution in [3.8, 4) is 5.82 Å². The third-order valence-electron chi connectivity index (χ3n) is 4.23. The molecule has 0 amide bonds. The van der Waals surface area contributed by atoms with Crippen LogP contribution in [0.15, 0.2) is 47.5 Å². The quantitative estimate of drug-likeness (QED) is 0.611. The first-order chi connectivity index (χ1) is 13.0. The first-order valence-corrected chi connectivity index (χ1v) is 10.1. The number of rotatable bonds is 4. The minimum Gasteiger partial charge on any atom is -0.235 e. The van der Waals surface area contributed by atoms with Gasteiger partial charge in [0.25, 0.3) is 0 Å². The summed E-state index contributed by atoms with van der Waals surface area (Å²) in [4.78, 5) is 3.96. The highest BCUT2D eigenvalue weighted by Crippen LogP contribution is 2.32. The largest absolute Gasteiger partial charge is 0.417 e. The second kappa shape index (κ2) is 7.21. The van der Waals surface area contributed by atoms with Gasteiger partial charge in [-0.3, -0.25) is 0 Å². The number of sulfone groups is 1. The fourth-order valence-corrected chi connectivity index (χ4v) is 4.52. The molecule has 2 aromatic heterocycles. The molecule has 0 unspecified atom stereocenters. The highest BCUT2D eigenvalue weighted by molar-refractivity contribution is 7.90. The normalized spacial score (nSPS) is 12.4. The van der Waals surface area contributed by atoms with Gasteiger partial charge in [-0.15, -0.1) is 0 Å². The summed E-state index contributed by atoms with van der Waals surface area (Å²) in [6, 6.07) is 8.73. The topological polar surface area (TPSA) is 64.8 Å². The lowest BCUT2D eigenvalue weighted by atomic mass is 10.2. The number of hydrogen-bond acceptors (Lipinski definition) is 4. The van der Waals surface area contributed by atoms with Crippen LogP contribution >= 0.6 is 11.6 Å². The first kappa shape index (κ1) is 20.3. The number of pyridine rings is 1. The van der Waals surface area contributed by atoms with Crippen molar-refractivity contribution in [2.45, 2.75) is 30.7 Å². The monoisotopic (exact) mass is 429 g/mol. The van der Waals surface area contributed by atoms with Gasteiger partial charge in [-0.1, -0.05) is 29.8 Å². The predicted octanol–water partition coefficient (Wildman–Crippen LogP) is 4.53. The van der Waals surface area contributed by atoms with Crippen molar-refractivity contribution in [1.29, 1.82) is 0 Å². The van der Waals surface area contributed by atoms with Crippen molar-refractivity contribution in [2.24, 2.45) is 0 Å². The maximum atomic E-state index is 12.8. The van der Waals surface area contributed by atoms with Gasteiger partial charge in [-0.25, -0.2) is 18.1 Å². The van der Waals surface area contributed by atoms with Crippen molar-refractivity contribution < 1.29 is 21.6 Å². The minimum absolute atomic E-state index is 0.00127. The van der Waals surface area contributed by atoms with Crippen LogP contribution in [0.25, 0.3) is 5.82 Å². The summed E-state index contributed by atoms with van der Waals surface area (Å²) in [5, 5.41) is 4.00. The molecule has 148 valence electrons. The van der Waals surface area contributed by atoms with Crippen LogP contribution in [0.2, 0.25) is 5.02 Å². The van der Waals surface area contributed by atoms with E-state index in [0.29, 0.717) is 23.1 Å². The third-order valence-corrected chi connectivity index (χ3v) is 6.16. The van der Waals surface area contributed by atoms with Crippen molar-refractivity contribution in [2.75, 3.05) is 0 Å². The maximum Gasteiger partial charge on any atom is 0.417 e. The molecule has 10 heteroatoms. The van der Waals surface area contributed by atoms with Gasteiger partial charge in [-0.05, 0) is 32.0 Å². The molecule has 0 atom stereocenters. The summed E-state index contributed by atoms with van der Waals surface area (Å²) in [6.07, 6.45) is -3.91. The average Bonchev–Trinajstić information content (AvgIpc) is 2.89. The van der Waals surface area contributed by atoms with Crippen LogP contribution in [0.4, 0.5) is 13.2 Å². The number of aromatic nitrogens is 3. The Morgan fingerprint density at radius 3 is 2.36 bits per heavy atom. The highest BCUT2D eigenvalue weighted by Gasteiger charge is 2.32. The highest BCUT2D eigenvalue weighted by atomic mass is 35.5. The van der Waals surface area contributed by atoms with Crippen molar-refractivity contribution in [1.82, 2.24) is 14.8 Å².